The molecule has 0 aromatic heterocycles. The lowest BCUT2D eigenvalue weighted by Crippen LogP contribution is -2.23. The highest BCUT2D eigenvalue weighted by Gasteiger charge is 2.13. The Morgan fingerprint density at radius 1 is 1.18 bits per heavy atom. The van der Waals surface area contributed by atoms with Gasteiger partial charge in [-0.2, -0.15) is 0 Å². The highest BCUT2D eigenvalue weighted by atomic mass is 79.9. The van der Waals surface area contributed by atoms with Gasteiger partial charge in [0.1, 0.15) is 5.75 Å². The van der Waals surface area contributed by atoms with Gasteiger partial charge in [-0.1, -0.05) is 34.1 Å². The largest absolute Gasteiger partial charge is 0.493 e. The second-order valence-electron chi connectivity index (χ2n) is 4.67. The van der Waals surface area contributed by atoms with Crippen molar-refractivity contribution in [2.45, 2.75) is 12.2 Å². The van der Waals surface area contributed by atoms with Crippen molar-refractivity contribution in [1.29, 1.82) is 0 Å². The predicted octanol–water partition coefficient (Wildman–Crippen LogP) is 4.59. The third-order valence-electron chi connectivity index (χ3n) is 2.94. The summed E-state index contributed by atoms with van der Waals surface area (Å²) in [7, 11) is 0. The maximum absolute atomic E-state index is 12.1. The molecule has 0 saturated heterocycles. The number of benzene rings is 2. The predicted molar refractivity (Wildman–Crippen MR) is 96.6 cm³/mol. The highest BCUT2D eigenvalue weighted by molar-refractivity contribution is 9.10. The smallest absolute Gasteiger partial charge is 0.237 e. The molecule has 0 fully saturated rings. The van der Waals surface area contributed by atoms with E-state index in [0.29, 0.717) is 6.61 Å². The van der Waals surface area contributed by atoms with Crippen LogP contribution in [0.2, 0.25) is 0 Å². The molecule has 116 valence electrons. The molecule has 0 radical (unpaired) electrons. The summed E-state index contributed by atoms with van der Waals surface area (Å²) >= 11 is 4.95. The van der Waals surface area contributed by atoms with Gasteiger partial charge in [-0.3, -0.25) is 4.79 Å². The van der Waals surface area contributed by atoms with E-state index in [1.54, 1.807) is 11.8 Å². The van der Waals surface area contributed by atoms with Gasteiger partial charge in [0.25, 0.3) is 0 Å². The lowest BCUT2D eigenvalue weighted by atomic mass is 10.3. The summed E-state index contributed by atoms with van der Waals surface area (Å²) in [5.41, 5.74) is 0.807. The van der Waals surface area contributed by atoms with Crippen molar-refractivity contribution in [3.8, 4) is 5.75 Å². The summed E-state index contributed by atoms with van der Waals surface area (Å²) in [5, 5.41) is 2.78. The molecule has 0 spiro atoms. The molecule has 22 heavy (non-hydrogen) atoms. The SMILES string of the molecule is CC(SCCOc1ccccc1)C(=O)Nc1ccc(Br)cc1. The Labute approximate surface area is 143 Å². The van der Waals surface area contributed by atoms with E-state index >= 15 is 0 Å². The fourth-order valence-electron chi connectivity index (χ4n) is 1.75. The van der Waals surface area contributed by atoms with E-state index in [9.17, 15) is 4.79 Å². The number of para-hydroxylation sites is 1. The van der Waals surface area contributed by atoms with Gasteiger partial charge in [-0.15, -0.1) is 11.8 Å². The van der Waals surface area contributed by atoms with E-state index in [2.05, 4.69) is 21.2 Å². The van der Waals surface area contributed by atoms with Crippen molar-refractivity contribution in [3.05, 3.63) is 59.1 Å². The molecule has 0 aliphatic carbocycles. The van der Waals surface area contributed by atoms with Gasteiger partial charge in [0, 0.05) is 15.9 Å². The highest BCUT2D eigenvalue weighted by Crippen LogP contribution is 2.17. The van der Waals surface area contributed by atoms with Gasteiger partial charge >= 0.3 is 0 Å². The van der Waals surface area contributed by atoms with Crippen LogP contribution in [0.3, 0.4) is 0 Å². The quantitative estimate of drug-likeness (QED) is 0.715. The van der Waals surface area contributed by atoms with Crippen molar-refractivity contribution in [2.75, 3.05) is 17.7 Å². The molecule has 0 aliphatic rings. The number of carbonyl (C=O) groups is 1. The third-order valence-corrected chi connectivity index (χ3v) is 4.59. The molecule has 5 heteroatoms. The molecule has 0 heterocycles. The molecule has 0 aliphatic heterocycles. The molecule has 3 nitrogen and oxygen atoms in total. The molecule has 1 unspecified atom stereocenters. The number of hydrogen-bond acceptors (Lipinski definition) is 3. The topological polar surface area (TPSA) is 38.3 Å². The number of halogens is 1. The number of carbonyl (C=O) groups excluding carboxylic acids is 1. The Balaban J connectivity index is 1.69. The monoisotopic (exact) mass is 379 g/mol. The first-order valence-electron chi connectivity index (χ1n) is 7.01. The number of thioether (sulfide) groups is 1. The zero-order valence-electron chi connectivity index (χ0n) is 12.3. The first-order valence-corrected chi connectivity index (χ1v) is 8.85. The molecule has 1 amide bonds. The second kappa shape index (κ2) is 8.86. The van der Waals surface area contributed by atoms with E-state index in [4.69, 9.17) is 4.74 Å². The molecule has 0 saturated carbocycles. The number of anilines is 1. The number of rotatable bonds is 7. The minimum atomic E-state index is -0.122. The van der Waals surface area contributed by atoms with Crippen LogP contribution in [0.1, 0.15) is 6.92 Å². The minimum absolute atomic E-state index is 0.00651. The van der Waals surface area contributed by atoms with E-state index < -0.39 is 0 Å². The summed E-state index contributed by atoms with van der Waals surface area (Å²) in [5.74, 6) is 1.63. The standard InChI is InChI=1S/C17H18BrNO2S/c1-13(17(20)19-15-9-7-14(18)8-10-15)22-12-11-21-16-5-3-2-4-6-16/h2-10,13H,11-12H2,1H3,(H,19,20). The molecule has 1 atom stereocenters. The number of hydrogen-bond donors (Lipinski definition) is 1. The Hall–Kier alpha value is -1.46. The first kappa shape index (κ1) is 16.9. The van der Waals surface area contributed by atoms with Gasteiger partial charge in [0.05, 0.1) is 11.9 Å². The van der Waals surface area contributed by atoms with E-state index in [-0.39, 0.29) is 11.2 Å². The maximum Gasteiger partial charge on any atom is 0.237 e. The van der Waals surface area contributed by atoms with Crippen LogP contribution >= 0.6 is 27.7 Å². The Morgan fingerprint density at radius 3 is 2.55 bits per heavy atom. The zero-order valence-corrected chi connectivity index (χ0v) is 14.7. The Morgan fingerprint density at radius 2 is 1.86 bits per heavy atom. The van der Waals surface area contributed by atoms with E-state index in [1.165, 1.54) is 0 Å². The van der Waals surface area contributed by atoms with Gasteiger partial charge < -0.3 is 10.1 Å². The van der Waals surface area contributed by atoms with Crippen LogP contribution in [-0.4, -0.2) is 23.5 Å². The lowest BCUT2D eigenvalue weighted by Gasteiger charge is -2.12. The summed E-state index contributed by atoms with van der Waals surface area (Å²) in [6.45, 7) is 2.49. The Kier molecular flexibility index (Phi) is 6.80. The summed E-state index contributed by atoms with van der Waals surface area (Å²) in [6.07, 6.45) is 0. The molecule has 1 N–H and O–H groups in total. The molecule has 2 aromatic carbocycles. The van der Waals surface area contributed by atoms with Crippen LogP contribution in [0, 0.1) is 0 Å². The van der Waals surface area contributed by atoms with Gasteiger partial charge in [0.2, 0.25) is 5.91 Å². The van der Waals surface area contributed by atoms with Crippen molar-refractivity contribution in [3.63, 3.8) is 0 Å². The number of ether oxygens (including phenoxy) is 1. The average Bonchev–Trinajstić information content (AvgIpc) is 2.54. The van der Waals surface area contributed by atoms with Gasteiger partial charge in [-0.25, -0.2) is 0 Å². The first-order chi connectivity index (χ1) is 10.6. The van der Waals surface area contributed by atoms with Crippen LogP contribution < -0.4 is 10.1 Å². The molecule has 2 aromatic rings. The lowest BCUT2D eigenvalue weighted by molar-refractivity contribution is -0.115. The van der Waals surface area contributed by atoms with Gasteiger partial charge in [0.15, 0.2) is 0 Å². The molecular weight excluding hydrogens is 362 g/mol. The van der Waals surface area contributed by atoms with E-state index in [0.717, 1.165) is 21.7 Å². The molecule has 2 rings (SSSR count). The van der Waals surface area contributed by atoms with Crippen molar-refractivity contribution in [1.82, 2.24) is 0 Å². The van der Waals surface area contributed by atoms with Crippen molar-refractivity contribution < 1.29 is 9.53 Å². The van der Waals surface area contributed by atoms with Gasteiger partial charge in [-0.05, 0) is 43.3 Å². The number of nitrogens with one attached hydrogen (secondary N) is 1. The number of amides is 1. The van der Waals surface area contributed by atoms with Crippen LogP contribution in [-0.2, 0) is 4.79 Å². The summed E-state index contributed by atoms with van der Waals surface area (Å²) < 4.78 is 6.60. The third kappa shape index (κ3) is 5.73. The van der Waals surface area contributed by atoms with Crippen LogP contribution in [0.4, 0.5) is 5.69 Å². The maximum atomic E-state index is 12.1. The summed E-state index contributed by atoms with van der Waals surface area (Å²) in [6, 6.07) is 17.2. The van der Waals surface area contributed by atoms with Crippen LogP contribution in [0.5, 0.6) is 5.75 Å². The second-order valence-corrected chi connectivity index (χ2v) is 7.04. The zero-order chi connectivity index (χ0) is 15.8. The fourth-order valence-corrected chi connectivity index (χ4v) is 2.76. The minimum Gasteiger partial charge on any atom is -0.493 e. The molecule has 0 bridgehead atoms. The normalized spacial score (nSPS) is 11.7. The fraction of sp³-hybridized carbons (Fsp3) is 0.235. The van der Waals surface area contributed by atoms with Crippen LogP contribution in [0.25, 0.3) is 0 Å². The van der Waals surface area contributed by atoms with Crippen molar-refractivity contribution >= 4 is 39.3 Å². The average molecular weight is 380 g/mol. The Bertz CT molecular complexity index is 589. The van der Waals surface area contributed by atoms with Crippen molar-refractivity contribution in [2.24, 2.45) is 0 Å². The van der Waals surface area contributed by atoms with E-state index in [1.807, 2.05) is 61.5 Å². The van der Waals surface area contributed by atoms with Crippen LogP contribution in [0.15, 0.2) is 59.1 Å². The summed E-state index contributed by atoms with van der Waals surface area (Å²) in [4.78, 5) is 12.1. The molecular formula is C17H18BrNO2S.